The van der Waals surface area contributed by atoms with Gasteiger partial charge >= 0.3 is 12.1 Å². The van der Waals surface area contributed by atoms with Crippen molar-refractivity contribution in [3.05, 3.63) is 53.9 Å². The Labute approximate surface area is 299 Å². The molecule has 51 heavy (non-hydrogen) atoms. The molecule has 2 unspecified atom stereocenters. The Bertz CT molecular complexity index is 1800. The van der Waals surface area contributed by atoms with Crippen LogP contribution in [0.1, 0.15) is 70.6 Å². The fourth-order valence-corrected chi connectivity index (χ4v) is 8.32. The zero-order valence-corrected chi connectivity index (χ0v) is 29.1. The van der Waals surface area contributed by atoms with E-state index in [1.165, 1.54) is 16.2 Å². The van der Waals surface area contributed by atoms with Crippen LogP contribution in [0.2, 0.25) is 0 Å². The molecule has 4 heterocycles. The Hall–Kier alpha value is -4.56. The predicted molar refractivity (Wildman–Crippen MR) is 188 cm³/mol. The summed E-state index contributed by atoms with van der Waals surface area (Å²) in [6.45, 7) is 0.00295. The number of aliphatic hydroxyl groups is 1. The van der Waals surface area contributed by atoms with Gasteiger partial charge in [0.1, 0.15) is 30.0 Å². The maximum absolute atomic E-state index is 14.5. The van der Waals surface area contributed by atoms with Gasteiger partial charge in [0, 0.05) is 12.3 Å². The van der Waals surface area contributed by atoms with E-state index in [1.807, 2.05) is 53.9 Å². The summed E-state index contributed by atoms with van der Waals surface area (Å²) in [5, 5.41) is 28.2. The standard InChI is InChI=1S/C37H43N5O8S/c43-31(35(46)47)37-20-22(37)11-4-2-1-3-5-16-27(40-36(48)50-23-12-6-7-13-23)34(45)42-21-24(19-28(42)32(44)41-37)49-33-30(29-17-10-18-51-29)38-25-14-8-9-15-26(25)39-33/h4,8-11,14-15,17-18,22-24,27-28,31,43H,1-3,5-7,12-13,16,19-21H2,(H,40,48)(H,41,44)(H,46,47)/b11-4-/t22?,24-,27+,28+,31?,37-/m1/s1. The number of carbonyl (C=O) groups excluding carboxylic acids is 3. The van der Waals surface area contributed by atoms with E-state index in [9.17, 15) is 29.4 Å². The van der Waals surface area contributed by atoms with Crippen molar-refractivity contribution in [1.82, 2.24) is 25.5 Å². The van der Waals surface area contributed by atoms with Gasteiger partial charge < -0.3 is 35.2 Å². The number of aliphatic carboxylic acids is 1. The second-order valence-corrected chi connectivity index (χ2v) is 14.9. The van der Waals surface area contributed by atoms with Gasteiger partial charge in [-0.05, 0) is 74.9 Å². The molecule has 13 nitrogen and oxygen atoms in total. The molecule has 3 fully saturated rings. The Morgan fingerprint density at radius 3 is 2.51 bits per heavy atom. The number of ether oxygens (including phenoxy) is 2. The number of thiophene rings is 1. The smallest absolute Gasteiger partial charge is 0.408 e. The number of para-hydroxylation sites is 2. The molecule has 4 aliphatic rings. The minimum atomic E-state index is -1.84. The molecule has 4 N–H and O–H groups in total. The van der Waals surface area contributed by atoms with Crippen LogP contribution in [0.5, 0.6) is 5.88 Å². The number of fused-ring (bicyclic) bond motifs is 3. The first-order valence-electron chi connectivity index (χ1n) is 17.9. The van der Waals surface area contributed by atoms with Crippen molar-refractivity contribution in [2.24, 2.45) is 5.92 Å². The first-order valence-corrected chi connectivity index (χ1v) is 18.7. The van der Waals surface area contributed by atoms with E-state index in [4.69, 9.17) is 19.4 Å². The number of nitrogens with one attached hydrogen (secondary N) is 2. The van der Waals surface area contributed by atoms with Crippen LogP contribution in [0.25, 0.3) is 21.6 Å². The van der Waals surface area contributed by atoms with Crippen LogP contribution in [-0.4, -0.2) is 91.4 Å². The van der Waals surface area contributed by atoms with Gasteiger partial charge in [0.05, 0.1) is 28.0 Å². The minimum Gasteiger partial charge on any atom is -0.479 e. The number of carboxylic acids is 1. The van der Waals surface area contributed by atoms with Gasteiger partial charge in [-0.2, -0.15) is 0 Å². The average molecular weight is 718 g/mol. The van der Waals surface area contributed by atoms with Crippen molar-refractivity contribution >= 4 is 46.2 Å². The summed E-state index contributed by atoms with van der Waals surface area (Å²) in [5.74, 6) is -2.62. The van der Waals surface area contributed by atoms with Crippen molar-refractivity contribution < 1.29 is 38.9 Å². The van der Waals surface area contributed by atoms with E-state index in [0.717, 1.165) is 49.8 Å². The van der Waals surface area contributed by atoms with Crippen LogP contribution >= 0.6 is 11.3 Å². The molecule has 7 rings (SSSR count). The summed E-state index contributed by atoms with van der Waals surface area (Å²) >= 11 is 1.48. The van der Waals surface area contributed by atoms with E-state index in [1.54, 1.807) is 0 Å². The number of aliphatic hydroxyl groups excluding tert-OH is 1. The number of hydrogen-bond acceptors (Lipinski definition) is 10. The highest BCUT2D eigenvalue weighted by Crippen LogP contribution is 2.48. The highest BCUT2D eigenvalue weighted by atomic mass is 32.1. The topological polar surface area (TPSA) is 180 Å². The van der Waals surface area contributed by atoms with Crippen LogP contribution in [0.15, 0.2) is 53.9 Å². The quantitative estimate of drug-likeness (QED) is 0.253. The van der Waals surface area contributed by atoms with Crippen molar-refractivity contribution in [3.8, 4) is 16.5 Å². The molecule has 1 aromatic carbocycles. The van der Waals surface area contributed by atoms with Crippen LogP contribution in [0.3, 0.4) is 0 Å². The lowest BCUT2D eigenvalue weighted by Crippen LogP contribution is -2.58. The Kier molecular flexibility index (Phi) is 10.2. The highest BCUT2D eigenvalue weighted by molar-refractivity contribution is 7.13. The molecule has 0 radical (unpaired) electrons. The molecule has 3 aromatic rings. The number of benzene rings is 1. The van der Waals surface area contributed by atoms with Gasteiger partial charge in [-0.15, -0.1) is 11.3 Å². The van der Waals surface area contributed by atoms with Crippen molar-refractivity contribution in [2.45, 2.75) is 107 Å². The summed E-state index contributed by atoms with van der Waals surface area (Å²) in [5.41, 5.74) is 0.438. The third-order valence-electron chi connectivity index (χ3n) is 10.5. The lowest BCUT2D eigenvalue weighted by Gasteiger charge is -2.30. The van der Waals surface area contributed by atoms with Crippen molar-refractivity contribution in [2.75, 3.05) is 6.54 Å². The second kappa shape index (κ2) is 15.0. The zero-order chi connectivity index (χ0) is 35.5. The molecule has 1 saturated heterocycles. The fraction of sp³-hybridized carbons (Fsp3) is 0.514. The SMILES string of the molecule is O=C(N[C@H]1CCCCC/C=C\C2C[C@@]2(C(O)C(=O)O)NC(=O)[C@@H]2C[C@@H](Oc3nc4ccccc4nc3-c3cccs3)CN2C1=O)OC1CCCC1. The summed E-state index contributed by atoms with van der Waals surface area (Å²) in [6, 6.07) is 9.22. The maximum Gasteiger partial charge on any atom is 0.408 e. The molecule has 2 aliphatic heterocycles. The summed E-state index contributed by atoms with van der Waals surface area (Å²) in [7, 11) is 0. The highest BCUT2D eigenvalue weighted by Gasteiger charge is 2.62. The maximum atomic E-state index is 14.5. The largest absolute Gasteiger partial charge is 0.479 e. The van der Waals surface area contributed by atoms with E-state index < -0.39 is 53.7 Å². The van der Waals surface area contributed by atoms with Gasteiger partial charge in [-0.25, -0.2) is 19.6 Å². The van der Waals surface area contributed by atoms with Gasteiger partial charge in [0.15, 0.2) is 6.10 Å². The van der Waals surface area contributed by atoms with E-state index in [-0.39, 0.29) is 37.3 Å². The van der Waals surface area contributed by atoms with Gasteiger partial charge in [0.25, 0.3) is 0 Å². The molecule has 6 atom stereocenters. The summed E-state index contributed by atoms with van der Waals surface area (Å²) < 4.78 is 12.2. The lowest BCUT2D eigenvalue weighted by atomic mass is 10.0. The monoisotopic (exact) mass is 717 g/mol. The molecule has 270 valence electrons. The average Bonchev–Trinajstić information content (AvgIpc) is 3.62. The number of carbonyl (C=O) groups is 4. The number of allylic oxidation sites excluding steroid dienone is 1. The zero-order valence-electron chi connectivity index (χ0n) is 28.2. The molecular weight excluding hydrogens is 675 g/mol. The first kappa shape index (κ1) is 34.9. The van der Waals surface area contributed by atoms with Crippen LogP contribution < -0.4 is 15.4 Å². The molecule has 14 heteroatoms. The number of amides is 3. The molecule has 2 saturated carbocycles. The minimum absolute atomic E-state index is 0.00295. The number of aromatic nitrogens is 2. The predicted octanol–water partition coefficient (Wildman–Crippen LogP) is 4.58. The van der Waals surface area contributed by atoms with E-state index in [2.05, 4.69) is 10.6 Å². The number of carboxylic acid groups (broad SMARTS) is 1. The van der Waals surface area contributed by atoms with Crippen molar-refractivity contribution in [1.29, 1.82) is 0 Å². The van der Waals surface area contributed by atoms with Gasteiger partial charge in [0.2, 0.25) is 17.7 Å². The normalized spacial score (nSPS) is 28.5. The third-order valence-corrected chi connectivity index (χ3v) is 11.3. The third kappa shape index (κ3) is 7.57. The van der Waals surface area contributed by atoms with Crippen LogP contribution in [-0.2, 0) is 19.1 Å². The second-order valence-electron chi connectivity index (χ2n) is 14.0. The summed E-state index contributed by atoms with van der Waals surface area (Å²) in [4.78, 5) is 65.6. The molecule has 2 aliphatic carbocycles. The number of rotatable bonds is 7. The van der Waals surface area contributed by atoms with Crippen LogP contribution in [0.4, 0.5) is 4.79 Å². The number of hydrogen-bond donors (Lipinski definition) is 4. The Morgan fingerprint density at radius 1 is 1.00 bits per heavy atom. The molecule has 2 aromatic heterocycles. The summed E-state index contributed by atoms with van der Waals surface area (Å²) in [6.07, 6.45) is 7.59. The molecular formula is C37H43N5O8S. The van der Waals surface area contributed by atoms with E-state index >= 15 is 0 Å². The Morgan fingerprint density at radius 2 is 1.76 bits per heavy atom. The van der Waals surface area contributed by atoms with Crippen molar-refractivity contribution in [3.63, 3.8) is 0 Å². The molecule has 0 bridgehead atoms. The van der Waals surface area contributed by atoms with E-state index in [0.29, 0.717) is 29.6 Å². The Balaban J connectivity index is 1.20. The van der Waals surface area contributed by atoms with Crippen LogP contribution in [0, 0.1) is 5.92 Å². The number of alkyl carbamates (subject to hydrolysis) is 1. The molecule has 3 amide bonds. The van der Waals surface area contributed by atoms with Gasteiger partial charge in [-0.1, -0.05) is 43.2 Å². The first-order chi connectivity index (χ1) is 24.7. The van der Waals surface area contributed by atoms with Gasteiger partial charge in [-0.3, -0.25) is 9.59 Å². The fourth-order valence-electron chi connectivity index (χ4n) is 7.62. The lowest BCUT2D eigenvalue weighted by molar-refractivity contribution is -0.150. The molecule has 0 spiro atoms. The number of nitrogens with zero attached hydrogens (tertiary/aromatic N) is 3.